The van der Waals surface area contributed by atoms with Gasteiger partial charge in [0.05, 0.1) is 59.5 Å². The summed E-state index contributed by atoms with van der Waals surface area (Å²) in [4.78, 5) is 41.3. The molecule has 4 heterocycles. The van der Waals surface area contributed by atoms with Crippen molar-refractivity contribution in [3.63, 3.8) is 0 Å². The van der Waals surface area contributed by atoms with Crippen LogP contribution in [-0.2, 0) is 4.79 Å². The summed E-state index contributed by atoms with van der Waals surface area (Å²) in [6.45, 7) is -1.44. The van der Waals surface area contributed by atoms with Gasteiger partial charge in [-0.15, -0.1) is 0 Å². The fraction of sp³-hybridized carbons (Fsp3) is 0.360. The molecule has 5 rings (SSSR count). The van der Waals surface area contributed by atoms with Gasteiger partial charge in [0.25, 0.3) is 11.8 Å². The molecule has 14 heteroatoms. The number of hydrogen-bond donors (Lipinski definition) is 4. The van der Waals surface area contributed by atoms with Crippen LogP contribution in [0.4, 0.5) is 19.3 Å². The molecule has 4 N–H and O–H groups in total. The van der Waals surface area contributed by atoms with Gasteiger partial charge in [-0.25, -0.2) is 18.1 Å². The molecule has 0 unspecified atom stereocenters. The molecular formula is C25H24F2N8O4. The van der Waals surface area contributed by atoms with Gasteiger partial charge >= 0.3 is 6.09 Å². The number of rotatable bonds is 8. The van der Waals surface area contributed by atoms with E-state index >= 15 is 0 Å². The number of likely N-dealkylation sites (tertiary alicyclic amines) is 1. The molecule has 3 aromatic heterocycles. The van der Waals surface area contributed by atoms with Crippen molar-refractivity contribution in [2.24, 2.45) is 5.92 Å². The van der Waals surface area contributed by atoms with E-state index in [1.165, 1.54) is 12.4 Å². The maximum absolute atomic E-state index is 13.1. The van der Waals surface area contributed by atoms with Gasteiger partial charge in [0.1, 0.15) is 6.07 Å². The Morgan fingerprint density at radius 3 is 2.62 bits per heavy atom. The lowest BCUT2D eigenvalue weighted by Gasteiger charge is -2.38. The van der Waals surface area contributed by atoms with Crippen LogP contribution >= 0.6 is 0 Å². The first-order chi connectivity index (χ1) is 18.6. The number of aromatic nitrogens is 3. The average molecular weight is 539 g/mol. The van der Waals surface area contributed by atoms with Gasteiger partial charge < -0.3 is 26.0 Å². The molecule has 1 aliphatic heterocycles. The molecule has 12 nitrogen and oxygen atoms in total. The number of nitrogens with one attached hydrogen (secondary N) is 3. The molecule has 0 bridgehead atoms. The Morgan fingerprint density at radius 2 is 1.92 bits per heavy atom. The minimum atomic E-state index is -2.90. The van der Waals surface area contributed by atoms with Gasteiger partial charge in [0.2, 0.25) is 5.91 Å². The Balaban J connectivity index is 1.35. The molecule has 0 spiro atoms. The van der Waals surface area contributed by atoms with Crippen LogP contribution in [0.5, 0.6) is 0 Å². The van der Waals surface area contributed by atoms with E-state index in [1.807, 2.05) is 6.07 Å². The summed E-state index contributed by atoms with van der Waals surface area (Å²) in [6.07, 6.45) is 3.05. The Kier molecular flexibility index (Phi) is 6.73. The van der Waals surface area contributed by atoms with Crippen LogP contribution in [0.25, 0.3) is 16.9 Å². The number of pyridine rings is 1. The molecule has 1 saturated carbocycles. The number of fused-ring (bicyclic) bond motifs is 1. The highest BCUT2D eigenvalue weighted by molar-refractivity contribution is 6.01. The van der Waals surface area contributed by atoms with E-state index in [2.05, 4.69) is 26.0 Å². The second-order valence-corrected chi connectivity index (χ2v) is 9.68. The van der Waals surface area contributed by atoms with E-state index in [0.717, 1.165) is 4.90 Å². The maximum atomic E-state index is 13.1. The summed E-state index contributed by atoms with van der Waals surface area (Å²) in [5.74, 6) is -3.95. The van der Waals surface area contributed by atoms with Gasteiger partial charge in [0.15, 0.2) is 0 Å². The predicted molar refractivity (Wildman–Crippen MR) is 133 cm³/mol. The molecule has 1 saturated heterocycles. The molecule has 3 amide bonds. The third-order valence-electron chi connectivity index (χ3n) is 6.78. The number of alkyl halides is 2. The zero-order valence-corrected chi connectivity index (χ0v) is 20.5. The lowest BCUT2D eigenvalue weighted by Crippen LogP contribution is -2.60. The summed E-state index contributed by atoms with van der Waals surface area (Å²) >= 11 is 0. The number of carbonyl (C=O) groups excluding carboxylic acids is 2. The maximum Gasteiger partial charge on any atom is 0.404 e. The standard InChI is InChI=1S/C25H24F2N8O4/c26-25(27)12-34(13-25)22(36)11-30-23(37)18-10-29-20(21-2-1-17-5-15(7-28)9-32-35(17)21)6-19(18)33-16-3-14(4-16)8-31-24(38)39/h1-2,5-6,9-10,14,16,31H,3-4,8,11-13H2,(H,29,33)(H,30,37)(H,38,39). The molecule has 3 aromatic rings. The van der Waals surface area contributed by atoms with Crippen molar-refractivity contribution in [2.45, 2.75) is 24.8 Å². The molecule has 2 fully saturated rings. The van der Waals surface area contributed by atoms with E-state index in [9.17, 15) is 23.2 Å². The fourth-order valence-corrected chi connectivity index (χ4v) is 4.67. The Hall–Kier alpha value is -4.80. The predicted octanol–water partition coefficient (Wildman–Crippen LogP) is 1.93. The zero-order chi connectivity index (χ0) is 27.7. The van der Waals surface area contributed by atoms with Crippen molar-refractivity contribution < 1.29 is 28.3 Å². The number of amides is 3. The first kappa shape index (κ1) is 25.8. The molecule has 2 aliphatic rings. The summed E-state index contributed by atoms with van der Waals surface area (Å²) in [7, 11) is 0. The van der Waals surface area contributed by atoms with Crippen molar-refractivity contribution in [1.82, 2.24) is 30.1 Å². The molecular weight excluding hydrogens is 514 g/mol. The average Bonchev–Trinajstić information content (AvgIpc) is 3.29. The monoisotopic (exact) mass is 538 g/mol. The van der Waals surface area contributed by atoms with Gasteiger partial charge in [-0.3, -0.25) is 14.6 Å². The smallest absolute Gasteiger partial charge is 0.404 e. The molecule has 0 aromatic carbocycles. The number of hydrogen-bond acceptors (Lipinski definition) is 7. The van der Waals surface area contributed by atoms with Crippen LogP contribution < -0.4 is 16.0 Å². The molecule has 39 heavy (non-hydrogen) atoms. The van der Waals surface area contributed by atoms with Crippen LogP contribution in [-0.4, -0.2) is 80.7 Å². The highest BCUT2D eigenvalue weighted by Crippen LogP contribution is 2.32. The zero-order valence-electron chi connectivity index (χ0n) is 20.5. The molecule has 1 aliphatic carbocycles. The second-order valence-electron chi connectivity index (χ2n) is 9.68. The van der Waals surface area contributed by atoms with Crippen molar-refractivity contribution in [3.8, 4) is 17.5 Å². The number of carbonyl (C=O) groups is 3. The van der Waals surface area contributed by atoms with E-state index < -0.39 is 43.5 Å². The van der Waals surface area contributed by atoms with Gasteiger partial charge in [-0.2, -0.15) is 10.4 Å². The van der Waals surface area contributed by atoms with Crippen LogP contribution in [0.3, 0.4) is 0 Å². The third kappa shape index (κ3) is 5.57. The quantitative estimate of drug-likeness (QED) is 0.338. The van der Waals surface area contributed by atoms with Crippen LogP contribution in [0.1, 0.15) is 28.8 Å². The molecule has 0 radical (unpaired) electrons. The third-order valence-corrected chi connectivity index (χ3v) is 6.78. The summed E-state index contributed by atoms with van der Waals surface area (Å²) in [5.41, 5.74) is 2.81. The largest absolute Gasteiger partial charge is 0.465 e. The van der Waals surface area contributed by atoms with Gasteiger partial charge in [-0.05, 0) is 43.0 Å². The van der Waals surface area contributed by atoms with Crippen LogP contribution in [0.15, 0.2) is 36.7 Å². The number of carboxylic acid groups (broad SMARTS) is 1. The minimum Gasteiger partial charge on any atom is -0.465 e. The van der Waals surface area contributed by atoms with Gasteiger partial charge in [0, 0.05) is 18.8 Å². The van der Waals surface area contributed by atoms with E-state index in [1.54, 1.807) is 28.8 Å². The Bertz CT molecular complexity index is 1490. The SMILES string of the molecule is N#Cc1cnn2c(-c3cc(NC4CC(CNC(=O)O)C4)c(C(=O)NCC(=O)N4CC(F)(F)C4)cn3)ccc2c1. The fourth-order valence-electron chi connectivity index (χ4n) is 4.67. The Morgan fingerprint density at radius 1 is 1.15 bits per heavy atom. The summed E-state index contributed by atoms with van der Waals surface area (Å²) < 4.78 is 27.8. The second kappa shape index (κ2) is 10.2. The number of anilines is 1. The van der Waals surface area contributed by atoms with Crippen molar-refractivity contribution in [1.29, 1.82) is 5.26 Å². The number of nitriles is 1. The lowest BCUT2D eigenvalue weighted by molar-refractivity contribution is -0.164. The number of halogens is 2. The summed E-state index contributed by atoms with van der Waals surface area (Å²) in [5, 5.41) is 30.4. The minimum absolute atomic E-state index is 0.0299. The Labute approximate surface area is 220 Å². The van der Waals surface area contributed by atoms with Gasteiger partial charge in [-0.1, -0.05) is 0 Å². The van der Waals surface area contributed by atoms with Crippen molar-refractivity contribution >= 4 is 29.1 Å². The molecule has 202 valence electrons. The molecule has 0 atom stereocenters. The van der Waals surface area contributed by atoms with Crippen molar-refractivity contribution in [3.05, 3.63) is 47.8 Å². The highest BCUT2D eigenvalue weighted by Gasteiger charge is 2.46. The van der Waals surface area contributed by atoms with Crippen LogP contribution in [0, 0.1) is 17.2 Å². The van der Waals surface area contributed by atoms with Crippen LogP contribution in [0.2, 0.25) is 0 Å². The number of nitrogens with zero attached hydrogens (tertiary/aromatic N) is 5. The van der Waals surface area contributed by atoms with E-state index in [4.69, 9.17) is 10.4 Å². The van der Waals surface area contributed by atoms with E-state index in [-0.39, 0.29) is 17.5 Å². The topological polar surface area (TPSA) is 165 Å². The lowest BCUT2D eigenvalue weighted by atomic mass is 9.80. The first-order valence-electron chi connectivity index (χ1n) is 12.2. The highest BCUT2D eigenvalue weighted by atomic mass is 19.3. The summed E-state index contributed by atoms with van der Waals surface area (Å²) in [6, 6.07) is 8.94. The van der Waals surface area contributed by atoms with E-state index in [0.29, 0.717) is 47.5 Å². The first-order valence-corrected chi connectivity index (χ1v) is 12.2. The normalized spacial score (nSPS) is 19.4. The van der Waals surface area contributed by atoms with Crippen molar-refractivity contribution in [2.75, 3.05) is 31.5 Å².